The van der Waals surface area contributed by atoms with Crippen molar-refractivity contribution < 1.29 is 26.2 Å². The molecule has 0 spiro atoms. The third kappa shape index (κ3) is 9.56. The smallest absolute Gasteiger partial charge is 0.148 e. The van der Waals surface area contributed by atoms with Crippen LogP contribution in [0, 0.1) is 6.07 Å². The standard InChI is InChI=1S/C72H56N3O.Pt/c1-71(2,3)58-42-43-66(64(48-58)51-24-11-6-12-25-51)75-67-37-21-34-60(68(67)74-70(75)63-36-20-35-62(69(63)76)61-33-18-17-32-59(61)50-22-9-5-10-23-50)53-26-19-27-54(46-53)65-47-52(44-45-73-65)49-38-40-57(41-39-49)72(4,55-28-13-7-14-29-55)56-30-15-8-16-31-56;/h5-45,47-48,76H,1-4H3;/q-1;. The van der Waals surface area contributed by atoms with Crippen molar-refractivity contribution in [1.82, 2.24) is 14.5 Å². The molecular formula is C72H56N3OPt-. The summed E-state index contributed by atoms with van der Waals surface area (Å²) in [6.07, 6.45) is 1.89. The summed E-state index contributed by atoms with van der Waals surface area (Å²) in [5.41, 5.74) is 19.4. The molecule has 0 aliphatic heterocycles. The number of aromatic hydroxyl groups is 1. The van der Waals surface area contributed by atoms with Crippen molar-refractivity contribution in [2.45, 2.75) is 38.5 Å². The third-order valence-electron chi connectivity index (χ3n) is 15.1. The molecule has 10 aromatic carbocycles. The van der Waals surface area contributed by atoms with Gasteiger partial charge >= 0.3 is 0 Å². The second-order valence-electron chi connectivity index (χ2n) is 20.7. The largest absolute Gasteiger partial charge is 0.507 e. The van der Waals surface area contributed by atoms with Gasteiger partial charge in [0.25, 0.3) is 0 Å². The van der Waals surface area contributed by atoms with E-state index in [1.807, 2.05) is 54.7 Å². The van der Waals surface area contributed by atoms with Crippen LogP contribution < -0.4 is 0 Å². The van der Waals surface area contributed by atoms with E-state index in [9.17, 15) is 5.11 Å². The summed E-state index contributed by atoms with van der Waals surface area (Å²) >= 11 is 0. The molecule has 376 valence electrons. The van der Waals surface area contributed by atoms with E-state index in [0.717, 1.165) is 83.6 Å². The van der Waals surface area contributed by atoms with E-state index in [-0.39, 0.29) is 37.6 Å². The molecule has 0 saturated heterocycles. The predicted octanol–water partition coefficient (Wildman–Crippen LogP) is 18.2. The van der Waals surface area contributed by atoms with Gasteiger partial charge in [-0.2, -0.15) is 0 Å². The zero-order valence-corrected chi connectivity index (χ0v) is 45.7. The molecule has 1 N–H and O–H groups in total. The van der Waals surface area contributed by atoms with Crippen molar-refractivity contribution in [1.29, 1.82) is 0 Å². The second-order valence-corrected chi connectivity index (χ2v) is 20.7. The van der Waals surface area contributed by atoms with Crippen LogP contribution in [0.25, 0.3) is 95.0 Å². The molecule has 12 aromatic rings. The van der Waals surface area contributed by atoms with Gasteiger partial charge < -0.3 is 5.11 Å². The molecule has 5 heteroatoms. The fourth-order valence-electron chi connectivity index (χ4n) is 10.9. The number of imidazole rings is 1. The normalized spacial score (nSPS) is 11.6. The van der Waals surface area contributed by atoms with Crippen LogP contribution in [-0.4, -0.2) is 19.6 Å². The SMILES string of the molecule is CC(C)(C)c1ccc(-n2c(-c3cccc(-c4ccccc4-c4ccccc4)c3O)nc3c(-c4[c-]c(-c5cc(-c6ccc(C(C)(c7ccccc7)c7ccccc7)cc6)ccn5)ccc4)cccc32)c(-c2ccccc2)c1.[Pt]. The Morgan fingerprint density at radius 1 is 0.403 bits per heavy atom. The van der Waals surface area contributed by atoms with Crippen LogP contribution in [0.4, 0.5) is 0 Å². The number of para-hydroxylation sites is 2. The van der Waals surface area contributed by atoms with Crippen molar-refractivity contribution >= 4 is 11.0 Å². The molecule has 0 aliphatic rings. The minimum absolute atomic E-state index is 0. The molecule has 0 fully saturated rings. The first-order valence-corrected chi connectivity index (χ1v) is 26.0. The number of nitrogens with zero attached hydrogens (tertiary/aromatic N) is 3. The fraction of sp³-hybridized carbons (Fsp3) is 0.0833. The quantitative estimate of drug-likeness (QED) is 0.104. The molecule has 0 unspecified atom stereocenters. The molecule has 0 aliphatic carbocycles. The zero-order valence-electron chi connectivity index (χ0n) is 43.4. The van der Waals surface area contributed by atoms with Crippen LogP contribution in [0.5, 0.6) is 5.75 Å². The first kappa shape index (κ1) is 50.5. The van der Waals surface area contributed by atoms with Crippen LogP contribution in [-0.2, 0) is 31.9 Å². The van der Waals surface area contributed by atoms with Crippen molar-refractivity contribution in [3.8, 4) is 89.7 Å². The average molecular weight is 1170 g/mol. The van der Waals surface area contributed by atoms with Gasteiger partial charge in [-0.3, -0.25) is 9.55 Å². The molecule has 77 heavy (non-hydrogen) atoms. The van der Waals surface area contributed by atoms with E-state index >= 15 is 0 Å². The number of rotatable bonds is 11. The van der Waals surface area contributed by atoms with Crippen LogP contribution in [0.3, 0.4) is 0 Å². The first-order chi connectivity index (χ1) is 37.1. The van der Waals surface area contributed by atoms with E-state index in [4.69, 9.17) is 9.97 Å². The maximum Gasteiger partial charge on any atom is 0.148 e. The number of hydrogen-bond acceptors (Lipinski definition) is 3. The van der Waals surface area contributed by atoms with E-state index < -0.39 is 0 Å². The number of aromatic nitrogens is 3. The predicted molar refractivity (Wildman–Crippen MR) is 315 cm³/mol. The van der Waals surface area contributed by atoms with Gasteiger partial charge in [0.1, 0.15) is 11.6 Å². The topological polar surface area (TPSA) is 50.9 Å². The first-order valence-electron chi connectivity index (χ1n) is 26.0. The number of pyridine rings is 1. The zero-order chi connectivity index (χ0) is 51.8. The van der Waals surface area contributed by atoms with Crippen molar-refractivity contribution in [2.75, 3.05) is 0 Å². The second kappa shape index (κ2) is 21.1. The summed E-state index contributed by atoms with van der Waals surface area (Å²) in [5.74, 6) is 0.788. The minimum Gasteiger partial charge on any atom is -0.507 e. The summed E-state index contributed by atoms with van der Waals surface area (Å²) < 4.78 is 2.23. The Bertz CT molecular complexity index is 3990. The number of fused-ring (bicyclic) bond motifs is 1. The number of benzene rings is 10. The summed E-state index contributed by atoms with van der Waals surface area (Å²) in [6, 6.07) is 93.0. The van der Waals surface area contributed by atoms with Gasteiger partial charge in [-0.1, -0.05) is 238 Å². The molecule has 0 amide bonds. The Morgan fingerprint density at radius 2 is 0.922 bits per heavy atom. The van der Waals surface area contributed by atoms with Gasteiger partial charge in [-0.15, -0.1) is 29.8 Å². The number of phenols is 1. The monoisotopic (exact) mass is 1170 g/mol. The molecule has 0 atom stereocenters. The van der Waals surface area contributed by atoms with E-state index in [2.05, 4.69) is 245 Å². The molecule has 0 radical (unpaired) electrons. The third-order valence-corrected chi connectivity index (χ3v) is 15.1. The van der Waals surface area contributed by atoms with Gasteiger partial charge in [0.05, 0.1) is 22.3 Å². The van der Waals surface area contributed by atoms with E-state index in [1.165, 1.54) is 22.3 Å². The Morgan fingerprint density at radius 3 is 1.58 bits per heavy atom. The maximum atomic E-state index is 12.7. The van der Waals surface area contributed by atoms with Crippen LogP contribution in [0.1, 0.15) is 49.9 Å². The maximum absolute atomic E-state index is 12.7. The summed E-state index contributed by atoms with van der Waals surface area (Å²) in [6.45, 7) is 9.06. The molecule has 0 saturated carbocycles. The van der Waals surface area contributed by atoms with Gasteiger partial charge in [0.2, 0.25) is 0 Å². The van der Waals surface area contributed by atoms with Crippen LogP contribution in [0.15, 0.2) is 261 Å². The summed E-state index contributed by atoms with van der Waals surface area (Å²) in [5, 5.41) is 12.7. The Hall–Kier alpha value is -8.69. The number of hydrogen-bond donors (Lipinski definition) is 1. The van der Waals surface area contributed by atoms with Crippen molar-refractivity contribution in [2.24, 2.45) is 0 Å². The van der Waals surface area contributed by atoms with Gasteiger partial charge in [-0.25, -0.2) is 4.98 Å². The molecular weight excluding hydrogens is 1120 g/mol. The van der Waals surface area contributed by atoms with Gasteiger partial charge in [-0.05, 0) is 98.3 Å². The molecule has 0 bridgehead atoms. The summed E-state index contributed by atoms with van der Waals surface area (Å²) in [7, 11) is 0. The van der Waals surface area contributed by atoms with Gasteiger partial charge in [0.15, 0.2) is 0 Å². The summed E-state index contributed by atoms with van der Waals surface area (Å²) in [4.78, 5) is 10.5. The van der Waals surface area contributed by atoms with Crippen molar-refractivity contribution in [3.05, 3.63) is 289 Å². The van der Waals surface area contributed by atoms with Gasteiger partial charge in [0, 0.05) is 49.5 Å². The molecule has 4 nitrogen and oxygen atoms in total. The Balaban J connectivity index is 0.00000631. The Kier molecular flexibility index (Phi) is 13.9. The number of phenolic OH excluding ortho intramolecular Hbond substituents is 1. The Labute approximate surface area is 466 Å². The molecule has 2 heterocycles. The molecule has 2 aromatic heterocycles. The molecule has 12 rings (SSSR count). The fourth-order valence-corrected chi connectivity index (χ4v) is 10.9. The van der Waals surface area contributed by atoms with Crippen LogP contribution in [0.2, 0.25) is 0 Å². The average Bonchev–Trinajstić information content (AvgIpc) is 3.94. The minimum atomic E-state index is -0.334. The van der Waals surface area contributed by atoms with E-state index in [1.54, 1.807) is 0 Å². The van der Waals surface area contributed by atoms with Crippen molar-refractivity contribution in [3.63, 3.8) is 0 Å². The van der Waals surface area contributed by atoms with E-state index in [0.29, 0.717) is 11.4 Å². The van der Waals surface area contributed by atoms with Crippen LogP contribution >= 0.6 is 0 Å².